The Hall–Kier alpha value is -2.71. The summed E-state index contributed by atoms with van der Waals surface area (Å²) in [6.07, 6.45) is -4.79. The summed E-state index contributed by atoms with van der Waals surface area (Å²) in [7, 11) is 0. The van der Waals surface area contributed by atoms with Gasteiger partial charge in [-0.05, 0) is 55.3 Å². The number of nitrogens with zero attached hydrogens (tertiary/aromatic N) is 1. The maximum Gasteiger partial charge on any atom is 0.412 e. The number of hydrogen-bond donors (Lipinski definition) is 2. The Morgan fingerprint density at radius 1 is 1.13 bits per heavy atom. The van der Waals surface area contributed by atoms with Crippen LogP contribution in [0.3, 0.4) is 0 Å². The molecule has 0 spiro atoms. The molecule has 0 aliphatic carbocycles. The van der Waals surface area contributed by atoms with E-state index in [1.807, 2.05) is 5.32 Å². The van der Waals surface area contributed by atoms with Crippen molar-refractivity contribution in [2.24, 2.45) is 0 Å². The SMILES string of the molecule is CCn1c(C(=O)NC(c2ccc(Cl)c(Cl)c2)C(F)(F)F)cc2cc(C(=O)O)c(C)cc21. The second kappa shape index (κ2) is 8.43. The highest BCUT2D eigenvalue weighted by atomic mass is 35.5. The van der Waals surface area contributed by atoms with E-state index in [1.165, 1.54) is 22.8 Å². The molecular weight excluding hydrogens is 456 g/mol. The second-order valence-corrected chi connectivity index (χ2v) is 7.74. The van der Waals surface area contributed by atoms with Crippen molar-refractivity contribution >= 4 is 46.0 Å². The molecule has 1 amide bonds. The van der Waals surface area contributed by atoms with Crippen molar-refractivity contribution in [3.8, 4) is 0 Å². The number of carboxylic acids is 1. The zero-order chi connectivity index (χ0) is 23.1. The molecule has 1 atom stereocenters. The molecule has 1 unspecified atom stereocenters. The number of rotatable bonds is 5. The van der Waals surface area contributed by atoms with Crippen LogP contribution in [0, 0.1) is 6.92 Å². The lowest BCUT2D eigenvalue weighted by molar-refractivity contribution is -0.155. The van der Waals surface area contributed by atoms with Crippen LogP contribution in [-0.4, -0.2) is 27.7 Å². The molecule has 0 saturated heterocycles. The van der Waals surface area contributed by atoms with E-state index in [0.717, 1.165) is 12.1 Å². The molecule has 164 valence electrons. The first-order valence-corrected chi connectivity index (χ1v) is 9.89. The highest BCUT2D eigenvalue weighted by Gasteiger charge is 2.42. The van der Waals surface area contributed by atoms with E-state index in [2.05, 4.69) is 0 Å². The van der Waals surface area contributed by atoms with E-state index in [1.54, 1.807) is 19.9 Å². The summed E-state index contributed by atoms with van der Waals surface area (Å²) in [5, 5.41) is 11.8. The van der Waals surface area contributed by atoms with Crippen LogP contribution >= 0.6 is 23.2 Å². The van der Waals surface area contributed by atoms with Gasteiger partial charge in [-0.3, -0.25) is 4.79 Å². The number of carboxylic acid groups (broad SMARTS) is 1. The molecule has 1 aromatic heterocycles. The van der Waals surface area contributed by atoms with Gasteiger partial charge in [0.15, 0.2) is 6.04 Å². The summed E-state index contributed by atoms with van der Waals surface area (Å²) < 4.78 is 42.7. The fourth-order valence-corrected chi connectivity index (χ4v) is 3.73. The van der Waals surface area contributed by atoms with Gasteiger partial charge in [0.1, 0.15) is 5.69 Å². The van der Waals surface area contributed by atoms with Crippen molar-refractivity contribution in [3.63, 3.8) is 0 Å². The van der Waals surface area contributed by atoms with Gasteiger partial charge < -0.3 is 15.0 Å². The number of amides is 1. The van der Waals surface area contributed by atoms with Crippen molar-refractivity contribution < 1.29 is 27.9 Å². The van der Waals surface area contributed by atoms with E-state index in [4.69, 9.17) is 23.2 Å². The molecule has 0 saturated carbocycles. The lowest BCUT2D eigenvalue weighted by atomic mass is 10.1. The number of hydrogen-bond acceptors (Lipinski definition) is 2. The average molecular weight is 473 g/mol. The van der Waals surface area contributed by atoms with Crippen LogP contribution in [0.1, 0.15) is 44.9 Å². The quantitative estimate of drug-likeness (QED) is 0.477. The van der Waals surface area contributed by atoms with Crippen molar-refractivity contribution in [2.75, 3.05) is 0 Å². The molecular formula is C21H17Cl2F3N2O3. The Bertz CT molecular complexity index is 1190. The summed E-state index contributed by atoms with van der Waals surface area (Å²) in [5.74, 6) is -2.09. The Morgan fingerprint density at radius 2 is 1.81 bits per heavy atom. The van der Waals surface area contributed by atoms with Gasteiger partial charge >= 0.3 is 12.1 Å². The minimum Gasteiger partial charge on any atom is -0.478 e. The highest BCUT2D eigenvalue weighted by Crippen LogP contribution is 2.36. The number of carbonyl (C=O) groups is 2. The Kier molecular flexibility index (Phi) is 6.25. The number of carbonyl (C=O) groups excluding carboxylic acids is 1. The number of fused-ring (bicyclic) bond motifs is 1. The number of aryl methyl sites for hydroxylation is 2. The number of halogens is 5. The molecule has 2 aromatic carbocycles. The predicted octanol–water partition coefficient (Wildman–Crippen LogP) is 6.01. The van der Waals surface area contributed by atoms with Crippen molar-refractivity contribution in [1.82, 2.24) is 9.88 Å². The fourth-order valence-electron chi connectivity index (χ4n) is 3.42. The van der Waals surface area contributed by atoms with Gasteiger partial charge in [-0.1, -0.05) is 29.3 Å². The van der Waals surface area contributed by atoms with Gasteiger partial charge in [-0.15, -0.1) is 0 Å². The predicted molar refractivity (Wildman–Crippen MR) is 112 cm³/mol. The molecule has 3 aromatic rings. The first kappa shape index (κ1) is 23.0. The zero-order valence-electron chi connectivity index (χ0n) is 16.3. The summed E-state index contributed by atoms with van der Waals surface area (Å²) in [5.41, 5.74) is 0.792. The van der Waals surface area contributed by atoms with E-state index in [-0.39, 0.29) is 26.9 Å². The Balaban J connectivity index is 2.05. The second-order valence-electron chi connectivity index (χ2n) is 6.93. The summed E-state index contributed by atoms with van der Waals surface area (Å²) >= 11 is 11.6. The molecule has 2 N–H and O–H groups in total. The topological polar surface area (TPSA) is 71.3 Å². The lowest BCUT2D eigenvalue weighted by Crippen LogP contribution is -2.38. The van der Waals surface area contributed by atoms with Crippen LogP contribution < -0.4 is 5.32 Å². The van der Waals surface area contributed by atoms with E-state index >= 15 is 0 Å². The minimum absolute atomic E-state index is 0.0197. The van der Waals surface area contributed by atoms with Crippen molar-refractivity contribution in [2.45, 2.75) is 32.6 Å². The average Bonchev–Trinajstić information content (AvgIpc) is 3.04. The maximum absolute atomic E-state index is 13.7. The Labute approximate surface area is 185 Å². The van der Waals surface area contributed by atoms with Crippen molar-refractivity contribution in [1.29, 1.82) is 0 Å². The lowest BCUT2D eigenvalue weighted by Gasteiger charge is -2.23. The number of nitrogens with one attached hydrogen (secondary N) is 1. The number of aromatic carboxylic acids is 1. The smallest absolute Gasteiger partial charge is 0.412 e. The van der Waals surface area contributed by atoms with Crippen LogP contribution in [-0.2, 0) is 6.54 Å². The molecule has 0 fully saturated rings. The molecule has 5 nitrogen and oxygen atoms in total. The molecule has 0 aliphatic rings. The third-order valence-corrected chi connectivity index (χ3v) is 5.65. The van der Waals surface area contributed by atoms with E-state index in [0.29, 0.717) is 23.0 Å². The summed E-state index contributed by atoms with van der Waals surface area (Å²) in [4.78, 5) is 24.3. The molecule has 0 bridgehead atoms. The molecule has 1 heterocycles. The van der Waals surface area contributed by atoms with Crippen molar-refractivity contribution in [3.05, 3.63) is 68.8 Å². The van der Waals surface area contributed by atoms with Gasteiger partial charge in [0.25, 0.3) is 5.91 Å². The van der Waals surface area contributed by atoms with E-state index < -0.39 is 24.1 Å². The van der Waals surface area contributed by atoms with Gasteiger partial charge in [0, 0.05) is 17.4 Å². The summed E-state index contributed by atoms with van der Waals surface area (Å²) in [6, 6.07) is 5.49. The normalized spacial score (nSPS) is 12.7. The number of aromatic nitrogens is 1. The van der Waals surface area contributed by atoms with Gasteiger partial charge in [-0.2, -0.15) is 13.2 Å². The monoisotopic (exact) mass is 472 g/mol. The highest BCUT2D eigenvalue weighted by molar-refractivity contribution is 6.42. The summed E-state index contributed by atoms with van der Waals surface area (Å²) in [6.45, 7) is 3.64. The van der Waals surface area contributed by atoms with Crippen LogP contribution in [0.2, 0.25) is 10.0 Å². The maximum atomic E-state index is 13.7. The van der Waals surface area contributed by atoms with Crippen LogP contribution in [0.5, 0.6) is 0 Å². The van der Waals surface area contributed by atoms with Crippen LogP contribution in [0.4, 0.5) is 13.2 Å². The third kappa shape index (κ3) is 4.50. The van der Waals surface area contributed by atoms with Crippen LogP contribution in [0.25, 0.3) is 10.9 Å². The molecule has 10 heteroatoms. The first-order chi connectivity index (χ1) is 14.4. The molecule has 31 heavy (non-hydrogen) atoms. The molecule has 3 rings (SSSR count). The zero-order valence-corrected chi connectivity index (χ0v) is 17.9. The number of benzene rings is 2. The van der Waals surface area contributed by atoms with Gasteiger partial charge in [0.2, 0.25) is 0 Å². The standard InChI is InChI=1S/C21H17Cl2F3N2O3/c1-3-28-16-6-10(2)13(20(30)31)7-12(16)9-17(28)19(29)27-18(21(24,25)26)11-4-5-14(22)15(23)8-11/h4-9,18H,3H2,1-2H3,(H,27,29)(H,30,31). The largest absolute Gasteiger partial charge is 0.478 e. The fraction of sp³-hybridized carbons (Fsp3) is 0.238. The number of alkyl halides is 3. The molecule has 0 radical (unpaired) electrons. The molecule has 0 aliphatic heterocycles. The minimum atomic E-state index is -4.79. The van der Waals surface area contributed by atoms with Gasteiger partial charge in [-0.25, -0.2) is 4.79 Å². The first-order valence-electron chi connectivity index (χ1n) is 9.13. The van der Waals surface area contributed by atoms with Crippen LogP contribution in [0.15, 0.2) is 36.4 Å². The third-order valence-electron chi connectivity index (χ3n) is 4.91. The van der Waals surface area contributed by atoms with E-state index in [9.17, 15) is 27.9 Å². The van der Waals surface area contributed by atoms with Gasteiger partial charge in [0.05, 0.1) is 15.6 Å². The Morgan fingerprint density at radius 3 is 2.35 bits per heavy atom.